The number of amides is 1. The van der Waals surface area contributed by atoms with Crippen LogP contribution < -0.4 is 5.73 Å². The maximum atomic E-state index is 10.8. The molecule has 1 aromatic carbocycles. The van der Waals surface area contributed by atoms with Crippen LogP contribution in [0, 0.1) is 13.8 Å². The van der Waals surface area contributed by atoms with Crippen LogP contribution in [0.15, 0.2) is 18.2 Å². The molecule has 0 fully saturated rings. The largest absolute Gasteiger partial charge is 0.490 e. The van der Waals surface area contributed by atoms with Crippen LogP contribution >= 0.6 is 0 Å². The first kappa shape index (κ1) is 16.0. The van der Waals surface area contributed by atoms with Crippen LogP contribution in [0.25, 0.3) is 0 Å². The maximum Gasteiger partial charge on any atom is 0.490 e. The fraction of sp³-hybridized carbons (Fsp3) is 0.273. The van der Waals surface area contributed by atoms with Crippen LogP contribution in [-0.4, -0.2) is 23.2 Å². The van der Waals surface area contributed by atoms with Gasteiger partial charge in [0.15, 0.2) is 0 Å². The van der Waals surface area contributed by atoms with E-state index in [4.69, 9.17) is 15.6 Å². The topological polar surface area (TPSA) is 80.4 Å². The molecule has 0 saturated carbocycles. The van der Waals surface area contributed by atoms with Gasteiger partial charge >= 0.3 is 12.1 Å². The molecule has 0 spiro atoms. The van der Waals surface area contributed by atoms with E-state index in [0.29, 0.717) is 5.56 Å². The number of hydrogen-bond donors (Lipinski definition) is 2. The number of hydrogen-bond acceptors (Lipinski definition) is 2. The average Bonchev–Trinajstić information content (AvgIpc) is 2.21. The molecule has 18 heavy (non-hydrogen) atoms. The summed E-state index contributed by atoms with van der Waals surface area (Å²) in [6, 6.07) is 5.54. The zero-order valence-corrected chi connectivity index (χ0v) is 9.71. The predicted molar refractivity (Wildman–Crippen MR) is 58.1 cm³/mol. The number of carboxylic acids is 1. The van der Waals surface area contributed by atoms with Crippen molar-refractivity contribution in [1.82, 2.24) is 0 Å². The second-order valence-corrected chi connectivity index (χ2v) is 3.41. The van der Waals surface area contributed by atoms with E-state index in [1.54, 1.807) is 6.07 Å². The van der Waals surface area contributed by atoms with Crippen LogP contribution in [0.1, 0.15) is 21.5 Å². The van der Waals surface area contributed by atoms with Crippen molar-refractivity contribution < 1.29 is 27.9 Å². The molecular weight excluding hydrogens is 251 g/mol. The van der Waals surface area contributed by atoms with Crippen molar-refractivity contribution in [3.8, 4) is 0 Å². The summed E-state index contributed by atoms with van der Waals surface area (Å²) in [5.41, 5.74) is 7.83. The molecule has 7 heteroatoms. The van der Waals surface area contributed by atoms with E-state index in [1.165, 1.54) is 0 Å². The van der Waals surface area contributed by atoms with Crippen LogP contribution in [0.4, 0.5) is 13.2 Å². The summed E-state index contributed by atoms with van der Waals surface area (Å²) in [5.74, 6) is -3.11. The lowest BCUT2D eigenvalue weighted by atomic mass is 10.0. The molecule has 0 saturated heterocycles. The Morgan fingerprint density at radius 1 is 1.22 bits per heavy atom. The van der Waals surface area contributed by atoms with Gasteiger partial charge in [0.2, 0.25) is 5.91 Å². The van der Waals surface area contributed by atoms with Gasteiger partial charge in [0.25, 0.3) is 0 Å². The highest BCUT2D eigenvalue weighted by Crippen LogP contribution is 2.13. The number of halogens is 3. The predicted octanol–water partition coefficient (Wildman–Crippen LogP) is 2.04. The van der Waals surface area contributed by atoms with Crippen molar-refractivity contribution in [2.75, 3.05) is 0 Å². The Morgan fingerprint density at radius 2 is 1.67 bits per heavy atom. The molecule has 0 atom stereocenters. The van der Waals surface area contributed by atoms with E-state index < -0.39 is 12.1 Å². The van der Waals surface area contributed by atoms with Crippen LogP contribution in [0.5, 0.6) is 0 Å². The summed E-state index contributed by atoms with van der Waals surface area (Å²) in [4.78, 5) is 19.7. The minimum Gasteiger partial charge on any atom is -0.475 e. The van der Waals surface area contributed by atoms with Gasteiger partial charge in [-0.1, -0.05) is 12.1 Å². The van der Waals surface area contributed by atoms with E-state index in [9.17, 15) is 18.0 Å². The lowest BCUT2D eigenvalue weighted by Crippen LogP contribution is -2.21. The number of nitrogens with two attached hydrogens (primary N) is 1. The average molecular weight is 263 g/mol. The molecule has 0 aliphatic rings. The third kappa shape index (κ3) is 4.86. The molecule has 4 nitrogen and oxygen atoms in total. The summed E-state index contributed by atoms with van der Waals surface area (Å²) in [7, 11) is 0. The first-order valence-electron chi connectivity index (χ1n) is 4.73. The molecule has 0 aromatic heterocycles. The summed E-state index contributed by atoms with van der Waals surface area (Å²) >= 11 is 0. The number of primary amides is 1. The Morgan fingerprint density at radius 3 is 1.94 bits per heavy atom. The summed E-state index contributed by atoms with van der Waals surface area (Å²) in [5, 5.41) is 7.12. The lowest BCUT2D eigenvalue weighted by Gasteiger charge is -2.03. The summed E-state index contributed by atoms with van der Waals surface area (Å²) in [6.45, 7) is 3.86. The van der Waals surface area contributed by atoms with Gasteiger partial charge in [0.05, 0.1) is 0 Å². The number of alkyl halides is 3. The second kappa shape index (κ2) is 6.04. The Kier molecular flexibility index (Phi) is 5.35. The zero-order valence-electron chi connectivity index (χ0n) is 9.71. The molecule has 0 heterocycles. The van der Waals surface area contributed by atoms with E-state index in [2.05, 4.69) is 0 Å². The Balaban J connectivity index is 0.000000360. The van der Waals surface area contributed by atoms with Gasteiger partial charge in [-0.15, -0.1) is 0 Å². The number of aryl methyl sites for hydroxylation is 1. The van der Waals surface area contributed by atoms with Gasteiger partial charge in [0, 0.05) is 5.56 Å². The normalized spacial score (nSPS) is 10.3. The highest BCUT2D eigenvalue weighted by Gasteiger charge is 2.38. The highest BCUT2D eigenvalue weighted by molar-refractivity contribution is 5.94. The fourth-order valence-electron chi connectivity index (χ4n) is 1.02. The van der Waals surface area contributed by atoms with Gasteiger partial charge in [-0.3, -0.25) is 4.79 Å². The van der Waals surface area contributed by atoms with Crippen LogP contribution in [0.3, 0.4) is 0 Å². The molecule has 100 valence electrons. The minimum absolute atomic E-state index is 0.355. The summed E-state index contributed by atoms with van der Waals surface area (Å²) < 4.78 is 31.7. The van der Waals surface area contributed by atoms with Crippen molar-refractivity contribution in [2.45, 2.75) is 20.0 Å². The first-order valence-corrected chi connectivity index (χ1v) is 4.73. The van der Waals surface area contributed by atoms with Gasteiger partial charge in [-0.2, -0.15) is 13.2 Å². The molecule has 0 aliphatic heterocycles. The SMILES string of the molecule is Cc1cccc(C(N)=O)c1C.O=C(O)C(F)(F)F. The third-order valence-electron chi connectivity index (χ3n) is 2.11. The number of benzene rings is 1. The van der Waals surface area contributed by atoms with E-state index in [-0.39, 0.29) is 5.91 Å². The number of carbonyl (C=O) groups is 2. The molecule has 0 bridgehead atoms. The van der Waals surface area contributed by atoms with Crippen LogP contribution in [-0.2, 0) is 4.79 Å². The second-order valence-electron chi connectivity index (χ2n) is 3.41. The Labute approximate surface area is 101 Å². The van der Waals surface area contributed by atoms with Crippen molar-refractivity contribution in [3.63, 3.8) is 0 Å². The van der Waals surface area contributed by atoms with Gasteiger partial charge in [-0.25, -0.2) is 4.79 Å². The number of rotatable bonds is 1. The Hall–Kier alpha value is -2.05. The highest BCUT2D eigenvalue weighted by atomic mass is 19.4. The van der Waals surface area contributed by atoms with Crippen molar-refractivity contribution in [1.29, 1.82) is 0 Å². The molecule has 0 aliphatic carbocycles. The molecular formula is C11H12F3NO3. The minimum atomic E-state index is -5.08. The first-order chi connectivity index (χ1) is 8.07. The standard InChI is InChI=1S/C9H11NO.C2HF3O2/c1-6-4-3-5-8(7(6)2)9(10)11;3-2(4,5)1(6)7/h3-5H,1-2H3,(H2,10,11);(H,6,7). The monoisotopic (exact) mass is 263 g/mol. The molecule has 3 N–H and O–H groups in total. The lowest BCUT2D eigenvalue weighted by molar-refractivity contribution is -0.192. The van der Waals surface area contributed by atoms with Crippen molar-refractivity contribution >= 4 is 11.9 Å². The molecule has 0 unspecified atom stereocenters. The molecule has 1 amide bonds. The van der Waals surface area contributed by atoms with Crippen LogP contribution in [0.2, 0.25) is 0 Å². The van der Waals surface area contributed by atoms with E-state index in [1.807, 2.05) is 26.0 Å². The quantitative estimate of drug-likeness (QED) is 0.813. The maximum absolute atomic E-state index is 10.8. The zero-order chi connectivity index (χ0) is 14.5. The van der Waals surface area contributed by atoms with Gasteiger partial charge in [0.1, 0.15) is 0 Å². The Bertz CT molecular complexity index is 455. The van der Waals surface area contributed by atoms with Crippen molar-refractivity contribution in [2.24, 2.45) is 5.73 Å². The summed E-state index contributed by atoms with van der Waals surface area (Å²) in [6.07, 6.45) is -5.08. The van der Waals surface area contributed by atoms with Gasteiger partial charge in [-0.05, 0) is 31.0 Å². The smallest absolute Gasteiger partial charge is 0.475 e. The molecule has 1 aromatic rings. The van der Waals surface area contributed by atoms with E-state index >= 15 is 0 Å². The molecule has 0 radical (unpaired) electrons. The number of carbonyl (C=O) groups excluding carboxylic acids is 1. The van der Waals surface area contributed by atoms with Crippen molar-refractivity contribution in [3.05, 3.63) is 34.9 Å². The van der Waals surface area contributed by atoms with Gasteiger partial charge < -0.3 is 10.8 Å². The third-order valence-corrected chi connectivity index (χ3v) is 2.11. The van der Waals surface area contributed by atoms with E-state index in [0.717, 1.165) is 11.1 Å². The number of carboxylic acid groups (broad SMARTS) is 1. The molecule has 1 rings (SSSR count). The fourth-order valence-corrected chi connectivity index (χ4v) is 1.02. The number of aliphatic carboxylic acids is 1.